The Balaban J connectivity index is 1.41. The van der Waals surface area contributed by atoms with Gasteiger partial charge in [-0.3, -0.25) is 0 Å². The predicted molar refractivity (Wildman–Crippen MR) is 113 cm³/mol. The molecule has 0 atom stereocenters. The third-order valence-corrected chi connectivity index (χ3v) is 4.35. The molecular formula is C22H24ClN3O3. The zero-order chi connectivity index (χ0) is 20.3. The van der Waals surface area contributed by atoms with Gasteiger partial charge < -0.3 is 19.5 Å². The summed E-state index contributed by atoms with van der Waals surface area (Å²) in [5.74, 6) is 2.04. The quantitative estimate of drug-likeness (QED) is 0.374. The van der Waals surface area contributed by atoms with E-state index in [1.165, 1.54) is 0 Å². The lowest BCUT2D eigenvalue weighted by Gasteiger charge is -2.13. The van der Waals surface area contributed by atoms with Gasteiger partial charge in [0, 0.05) is 30.6 Å². The standard InChI is InChI=1S/C22H24ClN3O3/c1-27-20-13-17(14-24-10-4-12-28-22-5-2-3-11-25-22)6-8-19(20)29-16-18-7-9-21(23)26-15-18/h2-3,5-9,11,13,15,24H,4,10,12,14,16H2,1H3. The second kappa shape index (κ2) is 11.2. The second-order valence-electron chi connectivity index (χ2n) is 6.31. The minimum Gasteiger partial charge on any atom is -0.493 e. The van der Waals surface area contributed by atoms with E-state index in [-0.39, 0.29) is 0 Å². The van der Waals surface area contributed by atoms with Gasteiger partial charge in [-0.15, -0.1) is 0 Å². The van der Waals surface area contributed by atoms with Gasteiger partial charge in [-0.1, -0.05) is 29.8 Å². The molecular weight excluding hydrogens is 390 g/mol. The summed E-state index contributed by atoms with van der Waals surface area (Å²) >= 11 is 5.80. The Hall–Kier alpha value is -2.83. The van der Waals surface area contributed by atoms with E-state index in [2.05, 4.69) is 15.3 Å². The first-order valence-electron chi connectivity index (χ1n) is 9.39. The third kappa shape index (κ3) is 6.93. The summed E-state index contributed by atoms with van der Waals surface area (Å²) in [6.07, 6.45) is 4.31. The van der Waals surface area contributed by atoms with Crippen LogP contribution in [0.3, 0.4) is 0 Å². The van der Waals surface area contributed by atoms with Crippen molar-refractivity contribution in [3.63, 3.8) is 0 Å². The first-order valence-corrected chi connectivity index (χ1v) is 9.77. The topological polar surface area (TPSA) is 65.5 Å². The first-order chi connectivity index (χ1) is 14.2. The molecule has 0 saturated heterocycles. The summed E-state index contributed by atoms with van der Waals surface area (Å²) in [7, 11) is 1.64. The molecule has 0 radical (unpaired) electrons. The fourth-order valence-electron chi connectivity index (χ4n) is 2.63. The number of hydrogen-bond acceptors (Lipinski definition) is 6. The number of nitrogens with zero attached hydrogens (tertiary/aromatic N) is 2. The summed E-state index contributed by atoms with van der Waals surface area (Å²) in [6.45, 7) is 2.60. The fourth-order valence-corrected chi connectivity index (χ4v) is 2.75. The van der Waals surface area contributed by atoms with Crippen molar-refractivity contribution in [2.45, 2.75) is 19.6 Å². The molecule has 0 bridgehead atoms. The van der Waals surface area contributed by atoms with Gasteiger partial charge in [0.05, 0.1) is 13.7 Å². The van der Waals surface area contributed by atoms with Crippen LogP contribution in [0, 0.1) is 0 Å². The van der Waals surface area contributed by atoms with Crippen molar-refractivity contribution in [1.82, 2.24) is 15.3 Å². The zero-order valence-electron chi connectivity index (χ0n) is 16.3. The van der Waals surface area contributed by atoms with Gasteiger partial charge in [-0.05, 0) is 42.8 Å². The van der Waals surface area contributed by atoms with Crippen LogP contribution in [0.5, 0.6) is 17.4 Å². The van der Waals surface area contributed by atoms with Crippen LogP contribution in [0.1, 0.15) is 17.5 Å². The number of ether oxygens (including phenoxy) is 3. The van der Waals surface area contributed by atoms with Crippen molar-refractivity contribution >= 4 is 11.6 Å². The van der Waals surface area contributed by atoms with Gasteiger partial charge >= 0.3 is 0 Å². The Labute approximate surface area is 175 Å². The monoisotopic (exact) mass is 413 g/mol. The molecule has 0 aliphatic heterocycles. The Morgan fingerprint density at radius 3 is 2.62 bits per heavy atom. The van der Waals surface area contributed by atoms with Gasteiger partial charge in [0.2, 0.25) is 5.88 Å². The maximum absolute atomic E-state index is 5.86. The Morgan fingerprint density at radius 1 is 0.966 bits per heavy atom. The Bertz CT molecular complexity index is 876. The van der Waals surface area contributed by atoms with Crippen molar-refractivity contribution in [3.05, 3.63) is 77.2 Å². The largest absolute Gasteiger partial charge is 0.493 e. The van der Waals surface area contributed by atoms with Crippen molar-refractivity contribution in [1.29, 1.82) is 0 Å². The fraction of sp³-hybridized carbons (Fsp3) is 0.273. The van der Waals surface area contributed by atoms with Gasteiger partial charge in [0.15, 0.2) is 11.5 Å². The lowest BCUT2D eigenvalue weighted by atomic mass is 10.2. The Morgan fingerprint density at radius 2 is 1.86 bits per heavy atom. The number of rotatable bonds is 11. The number of methoxy groups -OCH3 is 1. The molecule has 7 heteroatoms. The smallest absolute Gasteiger partial charge is 0.213 e. The summed E-state index contributed by atoms with van der Waals surface area (Å²) in [5, 5.41) is 3.87. The van der Waals surface area contributed by atoms with Gasteiger partial charge in [0.25, 0.3) is 0 Å². The molecule has 1 N–H and O–H groups in total. The van der Waals surface area contributed by atoms with E-state index in [1.807, 2.05) is 42.5 Å². The summed E-state index contributed by atoms with van der Waals surface area (Å²) in [5.41, 5.74) is 2.06. The second-order valence-corrected chi connectivity index (χ2v) is 6.70. The first kappa shape index (κ1) is 20.9. The molecule has 0 aliphatic carbocycles. The average molecular weight is 414 g/mol. The molecule has 0 unspecified atom stereocenters. The highest BCUT2D eigenvalue weighted by molar-refractivity contribution is 6.29. The van der Waals surface area contributed by atoms with Crippen LogP contribution in [0.25, 0.3) is 0 Å². The molecule has 6 nitrogen and oxygen atoms in total. The van der Waals surface area contributed by atoms with Crippen LogP contribution in [0.2, 0.25) is 5.15 Å². The number of halogens is 1. The lowest BCUT2D eigenvalue weighted by molar-refractivity contribution is 0.284. The van der Waals surface area contributed by atoms with Crippen LogP contribution < -0.4 is 19.5 Å². The maximum atomic E-state index is 5.86. The highest BCUT2D eigenvalue weighted by Crippen LogP contribution is 2.28. The predicted octanol–water partition coefficient (Wildman–Crippen LogP) is 4.28. The molecule has 0 amide bonds. The van der Waals surface area contributed by atoms with Crippen LogP contribution in [-0.2, 0) is 13.2 Å². The molecule has 2 aromatic heterocycles. The summed E-state index contributed by atoms with van der Waals surface area (Å²) in [4.78, 5) is 8.19. The van der Waals surface area contributed by atoms with E-state index in [4.69, 9.17) is 25.8 Å². The number of hydrogen-bond donors (Lipinski definition) is 1. The minimum atomic E-state index is 0.397. The van der Waals surface area contributed by atoms with Crippen LogP contribution in [-0.4, -0.2) is 30.2 Å². The highest BCUT2D eigenvalue weighted by atomic mass is 35.5. The van der Waals surface area contributed by atoms with E-state index in [0.29, 0.717) is 35.7 Å². The molecule has 29 heavy (non-hydrogen) atoms. The van der Waals surface area contributed by atoms with Gasteiger partial charge in [-0.25, -0.2) is 9.97 Å². The number of benzene rings is 1. The third-order valence-electron chi connectivity index (χ3n) is 4.13. The van der Waals surface area contributed by atoms with Crippen molar-refractivity contribution in [2.75, 3.05) is 20.3 Å². The van der Waals surface area contributed by atoms with Crippen LogP contribution in [0.4, 0.5) is 0 Å². The van der Waals surface area contributed by atoms with E-state index in [9.17, 15) is 0 Å². The lowest BCUT2D eigenvalue weighted by Crippen LogP contribution is -2.17. The number of aromatic nitrogens is 2. The van der Waals surface area contributed by atoms with Crippen LogP contribution >= 0.6 is 11.6 Å². The van der Waals surface area contributed by atoms with Gasteiger partial charge in [-0.2, -0.15) is 0 Å². The van der Waals surface area contributed by atoms with Crippen LogP contribution in [0.15, 0.2) is 60.9 Å². The zero-order valence-corrected chi connectivity index (χ0v) is 17.1. The van der Waals surface area contributed by atoms with Crippen molar-refractivity contribution in [2.24, 2.45) is 0 Å². The number of nitrogens with one attached hydrogen (secondary N) is 1. The Kier molecular flexibility index (Phi) is 8.10. The van der Waals surface area contributed by atoms with E-state index in [1.54, 1.807) is 25.6 Å². The minimum absolute atomic E-state index is 0.397. The molecule has 0 saturated carbocycles. The molecule has 2 heterocycles. The summed E-state index contributed by atoms with van der Waals surface area (Å²) < 4.78 is 16.9. The van der Waals surface area contributed by atoms with E-state index in [0.717, 1.165) is 30.6 Å². The van der Waals surface area contributed by atoms with Crippen molar-refractivity contribution in [3.8, 4) is 17.4 Å². The molecule has 0 aliphatic rings. The number of pyridine rings is 2. The average Bonchev–Trinajstić information content (AvgIpc) is 2.77. The summed E-state index contributed by atoms with van der Waals surface area (Å²) in [6, 6.07) is 15.2. The molecule has 152 valence electrons. The SMILES string of the molecule is COc1cc(CNCCCOc2ccccn2)ccc1OCc1ccc(Cl)nc1. The highest BCUT2D eigenvalue weighted by Gasteiger charge is 2.07. The molecule has 0 spiro atoms. The van der Waals surface area contributed by atoms with Gasteiger partial charge in [0.1, 0.15) is 11.8 Å². The molecule has 3 aromatic rings. The normalized spacial score (nSPS) is 10.6. The maximum Gasteiger partial charge on any atom is 0.213 e. The molecule has 0 fully saturated rings. The van der Waals surface area contributed by atoms with E-state index < -0.39 is 0 Å². The molecule has 1 aromatic carbocycles. The molecule has 3 rings (SSSR count). The van der Waals surface area contributed by atoms with E-state index >= 15 is 0 Å². The van der Waals surface area contributed by atoms with Crippen molar-refractivity contribution < 1.29 is 14.2 Å².